The van der Waals surface area contributed by atoms with E-state index in [1.54, 1.807) is 13.0 Å². The highest BCUT2D eigenvalue weighted by molar-refractivity contribution is 5.89. The normalized spacial score (nSPS) is 12.5. The van der Waals surface area contributed by atoms with Gasteiger partial charge < -0.3 is 9.84 Å². The Kier molecular flexibility index (Phi) is 3.68. The second-order valence-corrected chi connectivity index (χ2v) is 3.59. The van der Waals surface area contributed by atoms with Crippen molar-refractivity contribution >= 4 is 11.7 Å². The molecule has 0 saturated carbocycles. The molecule has 14 heavy (non-hydrogen) atoms. The molecule has 1 unspecified atom stereocenters. The second kappa shape index (κ2) is 4.79. The maximum absolute atomic E-state index is 11.4. The Morgan fingerprint density at radius 3 is 3.00 bits per heavy atom. The van der Waals surface area contributed by atoms with Crippen molar-refractivity contribution in [2.45, 2.75) is 33.6 Å². The van der Waals surface area contributed by atoms with E-state index in [2.05, 4.69) is 17.4 Å². The molecule has 80 valence electrons. The number of carbonyl (C=O) groups excluding carboxylic acids is 1. The summed E-state index contributed by atoms with van der Waals surface area (Å²) in [6, 6.07) is 1.70. The van der Waals surface area contributed by atoms with Crippen LogP contribution in [0.25, 0.3) is 0 Å². The third kappa shape index (κ3) is 3.20. The summed E-state index contributed by atoms with van der Waals surface area (Å²) < 4.78 is 4.83. The molecule has 1 N–H and O–H groups in total. The van der Waals surface area contributed by atoms with E-state index in [-0.39, 0.29) is 7.33 Å². The van der Waals surface area contributed by atoms with Gasteiger partial charge in [-0.05, 0) is 12.8 Å². The SMILES string of the molecule is CCC(C)CC(=O)Nc1cc(C)on1.[HH]. The summed E-state index contributed by atoms with van der Waals surface area (Å²) in [5.74, 6) is 1.59. The van der Waals surface area contributed by atoms with Crippen LogP contribution < -0.4 is 5.32 Å². The van der Waals surface area contributed by atoms with Gasteiger partial charge in [0.1, 0.15) is 5.76 Å². The van der Waals surface area contributed by atoms with E-state index >= 15 is 0 Å². The zero-order valence-electron chi connectivity index (χ0n) is 8.83. The largest absolute Gasteiger partial charge is 0.360 e. The molecule has 1 heterocycles. The fourth-order valence-electron chi connectivity index (χ4n) is 1.08. The van der Waals surface area contributed by atoms with Crippen LogP contribution in [0.1, 0.15) is 33.9 Å². The Morgan fingerprint density at radius 1 is 1.79 bits per heavy atom. The van der Waals surface area contributed by atoms with Gasteiger partial charge in [-0.25, -0.2) is 0 Å². The Balaban J connectivity index is 0.00000196. The Morgan fingerprint density at radius 2 is 2.50 bits per heavy atom. The molecule has 4 heteroatoms. The van der Waals surface area contributed by atoms with Crippen molar-refractivity contribution < 1.29 is 10.7 Å². The minimum Gasteiger partial charge on any atom is -0.360 e. The third-order valence-electron chi connectivity index (χ3n) is 2.13. The van der Waals surface area contributed by atoms with Crippen LogP contribution in [-0.4, -0.2) is 11.1 Å². The first-order chi connectivity index (χ1) is 6.61. The van der Waals surface area contributed by atoms with Crippen LogP contribution in [0.3, 0.4) is 0 Å². The molecule has 1 atom stereocenters. The number of carbonyl (C=O) groups is 1. The molecule has 0 bridgehead atoms. The highest BCUT2D eigenvalue weighted by Gasteiger charge is 2.09. The van der Waals surface area contributed by atoms with Crippen molar-refractivity contribution in [1.82, 2.24) is 5.16 Å². The summed E-state index contributed by atoms with van der Waals surface area (Å²) in [7, 11) is 0. The van der Waals surface area contributed by atoms with Crippen LogP contribution in [-0.2, 0) is 4.79 Å². The first-order valence-corrected chi connectivity index (χ1v) is 4.85. The van der Waals surface area contributed by atoms with Gasteiger partial charge in [0.15, 0.2) is 5.82 Å². The third-order valence-corrected chi connectivity index (χ3v) is 2.13. The van der Waals surface area contributed by atoms with Crippen molar-refractivity contribution in [3.05, 3.63) is 11.8 Å². The minimum absolute atomic E-state index is 0. The van der Waals surface area contributed by atoms with Crippen molar-refractivity contribution in [2.24, 2.45) is 5.92 Å². The van der Waals surface area contributed by atoms with Gasteiger partial charge in [0.25, 0.3) is 0 Å². The lowest BCUT2D eigenvalue weighted by atomic mass is 10.1. The zero-order valence-corrected chi connectivity index (χ0v) is 8.83. The van der Waals surface area contributed by atoms with E-state index in [4.69, 9.17) is 4.52 Å². The Labute approximate surface area is 85.1 Å². The average molecular weight is 198 g/mol. The van der Waals surface area contributed by atoms with Crippen LogP contribution in [0.15, 0.2) is 10.6 Å². The first-order valence-electron chi connectivity index (χ1n) is 4.85. The lowest BCUT2D eigenvalue weighted by molar-refractivity contribution is -0.117. The highest BCUT2D eigenvalue weighted by atomic mass is 16.5. The number of aryl methyl sites for hydroxylation is 1. The summed E-state index contributed by atoms with van der Waals surface area (Å²) in [6.45, 7) is 5.91. The molecule has 0 fully saturated rings. The van der Waals surface area contributed by atoms with Gasteiger partial charge in [-0.1, -0.05) is 25.4 Å². The van der Waals surface area contributed by atoms with Crippen LogP contribution >= 0.6 is 0 Å². The van der Waals surface area contributed by atoms with Gasteiger partial charge in [-0.3, -0.25) is 4.79 Å². The molecule has 0 spiro atoms. The topological polar surface area (TPSA) is 55.1 Å². The molecule has 1 amide bonds. The van der Waals surface area contributed by atoms with Gasteiger partial charge in [0, 0.05) is 13.9 Å². The van der Waals surface area contributed by atoms with Crippen molar-refractivity contribution in [2.75, 3.05) is 5.32 Å². The maximum Gasteiger partial charge on any atom is 0.225 e. The van der Waals surface area contributed by atoms with Crippen LogP contribution in [0.4, 0.5) is 5.82 Å². The van der Waals surface area contributed by atoms with Gasteiger partial charge in [-0.15, -0.1) is 0 Å². The highest BCUT2D eigenvalue weighted by Crippen LogP contribution is 2.10. The van der Waals surface area contributed by atoms with E-state index < -0.39 is 0 Å². The summed E-state index contributed by atoms with van der Waals surface area (Å²) >= 11 is 0. The van der Waals surface area contributed by atoms with Gasteiger partial charge in [0.2, 0.25) is 5.91 Å². The molecule has 0 aliphatic rings. The number of nitrogens with one attached hydrogen (secondary N) is 1. The van der Waals surface area contributed by atoms with Crippen molar-refractivity contribution in [3.8, 4) is 0 Å². The van der Waals surface area contributed by atoms with Crippen molar-refractivity contribution in [3.63, 3.8) is 0 Å². The monoisotopic (exact) mass is 198 g/mol. The van der Waals surface area contributed by atoms with Crippen LogP contribution in [0, 0.1) is 12.8 Å². The lowest BCUT2D eigenvalue weighted by Gasteiger charge is -2.06. The number of hydrogen-bond acceptors (Lipinski definition) is 3. The number of rotatable bonds is 4. The average Bonchev–Trinajstić information content (AvgIpc) is 2.50. The predicted octanol–water partition coefficient (Wildman–Crippen LogP) is 2.60. The molecule has 0 aromatic carbocycles. The molecule has 1 aromatic rings. The molecule has 0 saturated heterocycles. The number of hydrogen-bond donors (Lipinski definition) is 1. The van der Waals surface area contributed by atoms with E-state index in [9.17, 15) is 4.79 Å². The standard InChI is InChI=1S/C10H16N2O2.H2/c1-4-7(2)5-10(13)11-9-6-8(3)14-12-9;/h6-7H,4-5H2,1-3H3,(H,11,12,13);1H. The molecule has 1 aromatic heterocycles. The minimum atomic E-state index is -0.00681. The number of nitrogens with zero attached hydrogens (tertiary/aromatic N) is 1. The molecule has 0 aliphatic carbocycles. The lowest BCUT2D eigenvalue weighted by Crippen LogP contribution is -2.14. The molecule has 4 nitrogen and oxygen atoms in total. The van der Waals surface area contributed by atoms with E-state index in [1.807, 2.05) is 6.92 Å². The Bertz CT molecular complexity index is 312. The smallest absolute Gasteiger partial charge is 0.225 e. The fourth-order valence-corrected chi connectivity index (χ4v) is 1.08. The van der Waals surface area contributed by atoms with E-state index in [0.29, 0.717) is 23.9 Å². The first kappa shape index (κ1) is 10.8. The second-order valence-electron chi connectivity index (χ2n) is 3.59. The predicted molar refractivity (Wildman–Crippen MR) is 56.1 cm³/mol. The summed E-state index contributed by atoms with van der Waals surface area (Å²) in [5.41, 5.74) is 0. The van der Waals surface area contributed by atoms with Gasteiger partial charge >= 0.3 is 0 Å². The van der Waals surface area contributed by atoms with E-state index in [0.717, 1.165) is 6.42 Å². The van der Waals surface area contributed by atoms with Crippen LogP contribution in [0.5, 0.6) is 0 Å². The fraction of sp³-hybridized carbons (Fsp3) is 0.600. The van der Waals surface area contributed by atoms with Crippen molar-refractivity contribution in [1.29, 1.82) is 0 Å². The molecule has 1 rings (SSSR count). The summed E-state index contributed by atoms with van der Waals surface area (Å²) in [5, 5.41) is 6.37. The summed E-state index contributed by atoms with van der Waals surface area (Å²) in [4.78, 5) is 11.4. The van der Waals surface area contributed by atoms with E-state index in [1.165, 1.54) is 0 Å². The zero-order chi connectivity index (χ0) is 10.6. The number of anilines is 1. The molecular formula is C10H18N2O2. The molecular weight excluding hydrogens is 180 g/mol. The van der Waals surface area contributed by atoms with Gasteiger partial charge in [0.05, 0.1) is 0 Å². The Hall–Kier alpha value is -1.32. The summed E-state index contributed by atoms with van der Waals surface area (Å²) in [6.07, 6.45) is 1.54. The quantitative estimate of drug-likeness (QED) is 0.809. The number of aromatic nitrogens is 1. The maximum atomic E-state index is 11.4. The van der Waals surface area contributed by atoms with Crippen LogP contribution in [0.2, 0.25) is 0 Å². The number of amides is 1. The molecule has 0 radical (unpaired) electrons. The van der Waals surface area contributed by atoms with Gasteiger partial charge in [-0.2, -0.15) is 0 Å². The molecule has 0 aliphatic heterocycles.